The van der Waals surface area contributed by atoms with Gasteiger partial charge in [0.15, 0.2) is 0 Å². The van der Waals surface area contributed by atoms with Gasteiger partial charge in [0.2, 0.25) is 0 Å². The van der Waals surface area contributed by atoms with E-state index in [1.807, 2.05) is 0 Å². The third-order valence-electron chi connectivity index (χ3n) is 3.93. The molecule has 1 aliphatic rings. The highest BCUT2D eigenvalue weighted by atomic mass is 32.1. The van der Waals surface area contributed by atoms with Crippen LogP contribution in [0.25, 0.3) is 0 Å². The second-order valence-electron chi connectivity index (χ2n) is 5.51. The van der Waals surface area contributed by atoms with Crippen LogP contribution in [0.3, 0.4) is 0 Å². The van der Waals surface area contributed by atoms with Crippen molar-refractivity contribution < 1.29 is 0 Å². The number of nitrogens with one attached hydrogen (secondary N) is 1. The Morgan fingerprint density at radius 3 is 2.85 bits per heavy atom. The number of rotatable bonds is 3. The molecule has 1 N–H and O–H groups in total. The molecule has 0 spiro atoms. The first-order valence-corrected chi connectivity index (χ1v) is 8.04. The summed E-state index contributed by atoms with van der Waals surface area (Å²) in [5.41, 5.74) is 2.58. The van der Waals surface area contributed by atoms with Gasteiger partial charge < -0.3 is 5.32 Å². The van der Waals surface area contributed by atoms with Crippen molar-refractivity contribution in [1.29, 1.82) is 0 Å². The Bertz CT molecular complexity index is 552. The van der Waals surface area contributed by atoms with Gasteiger partial charge in [-0.2, -0.15) is 0 Å². The van der Waals surface area contributed by atoms with Crippen molar-refractivity contribution in [2.24, 2.45) is 0 Å². The van der Waals surface area contributed by atoms with E-state index in [-0.39, 0.29) is 0 Å². The van der Waals surface area contributed by atoms with Gasteiger partial charge in [-0.05, 0) is 19.4 Å². The number of thiazole rings is 1. The highest BCUT2D eigenvalue weighted by molar-refractivity contribution is 7.09. The lowest BCUT2D eigenvalue weighted by molar-refractivity contribution is 0.132. The van der Waals surface area contributed by atoms with Crippen LogP contribution in [0.1, 0.15) is 29.2 Å². The fourth-order valence-corrected chi connectivity index (χ4v) is 3.34. The molecule has 1 saturated heterocycles. The fourth-order valence-electron chi connectivity index (χ4n) is 2.74. The number of nitrogens with zero attached hydrogens (tertiary/aromatic N) is 2. The van der Waals surface area contributed by atoms with Gasteiger partial charge in [0, 0.05) is 37.1 Å². The fraction of sp³-hybridized carbons (Fsp3) is 0.438. The van der Waals surface area contributed by atoms with Crippen LogP contribution in [0, 0.1) is 6.92 Å². The highest BCUT2D eigenvalue weighted by Crippen LogP contribution is 2.22. The molecule has 2 aromatic rings. The van der Waals surface area contributed by atoms with Crippen molar-refractivity contribution in [2.45, 2.75) is 32.5 Å². The molecule has 0 bridgehead atoms. The molecule has 0 amide bonds. The van der Waals surface area contributed by atoms with Crippen LogP contribution < -0.4 is 5.32 Å². The first-order valence-electron chi connectivity index (χ1n) is 7.16. The molecule has 1 fully saturated rings. The number of aryl methyl sites for hydroxylation is 1. The molecule has 1 aromatic heterocycles. The number of aromatic nitrogens is 1. The van der Waals surface area contributed by atoms with Gasteiger partial charge in [-0.25, -0.2) is 4.98 Å². The first kappa shape index (κ1) is 13.7. The van der Waals surface area contributed by atoms with Gasteiger partial charge in [-0.1, -0.05) is 30.3 Å². The topological polar surface area (TPSA) is 28.2 Å². The predicted octanol–water partition coefficient (Wildman–Crippen LogP) is 2.99. The Labute approximate surface area is 124 Å². The maximum Gasteiger partial charge on any atom is 0.0897 e. The maximum atomic E-state index is 4.59. The monoisotopic (exact) mass is 287 g/mol. The van der Waals surface area contributed by atoms with E-state index in [0.29, 0.717) is 12.1 Å². The molecule has 4 heteroatoms. The normalized spacial score (nSPS) is 23.9. The lowest BCUT2D eigenvalue weighted by Crippen LogP contribution is -2.50. The predicted molar refractivity (Wildman–Crippen MR) is 83.9 cm³/mol. The van der Waals surface area contributed by atoms with Gasteiger partial charge in [0.25, 0.3) is 0 Å². The summed E-state index contributed by atoms with van der Waals surface area (Å²) in [6.45, 7) is 7.39. The van der Waals surface area contributed by atoms with Gasteiger partial charge in [-0.3, -0.25) is 4.90 Å². The minimum Gasteiger partial charge on any atom is -0.307 e. The van der Waals surface area contributed by atoms with Crippen molar-refractivity contribution >= 4 is 11.3 Å². The number of hydrogen-bond acceptors (Lipinski definition) is 4. The summed E-state index contributed by atoms with van der Waals surface area (Å²) in [6, 6.07) is 11.7. The highest BCUT2D eigenvalue weighted by Gasteiger charge is 2.26. The summed E-state index contributed by atoms with van der Waals surface area (Å²) in [5.74, 6) is 0. The van der Waals surface area contributed by atoms with Crippen molar-refractivity contribution in [2.75, 3.05) is 13.1 Å². The summed E-state index contributed by atoms with van der Waals surface area (Å²) in [4.78, 5) is 7.12. The average molecular weight is 287 g/mol. The molecule has 20 heavy (non-hydrogen) atoms. The van der Waals surface area contributed by atoms with Crippen molar-refractivity contribution in [3.8, 4) is 0 Å². The van der Waals surface area contributed by atoms with E-state index in [9.17, 15) is 0 Å². The van der Waals surface area contributed by atoms with E-state index in [4.69, 9.17) is 0 Å². The molecule has 2 atom stereocenters. The Morgan fingerprint density at radius 1 is 1.35 bits per heavy atom. The van der Waals surface area contributed by atoms with Crippen LogP contribution in [0.2, 0.25) is 0 Å². The molecule has 0 aliphatic carbocycles. The summed E-state index contributed by atoms with van der Waals surface area (Å²) in [7, 11) is 0. The zero-order valence-corrected chi connectivity index (χ0v) is 12.9. The molecule has 2 unspecified atom stereocenters. The van der Waals surface area contributed by atoms with E-state index in [1.165, 1.54) is 11.3 Å². The molecule has 1 aliphatic heterocycles. The number of benzene rings is 1. The summed E-state index contributed by atoms with van der Waals surface area (Å²) in [5, 5.41) is 6.98. The minimum atomic E-state index is 0.423. The average Bonchev–Trinajstić information content (AvgIpc) is 2.88. The van der Waals surface area contributed by atoms with E-state index in [1.54, 1.807) is 11.3 Å². The second kappa shape index (κ2) is 6.04. The van der Waals surface area contributed by atoms with Crippen LogP contribution in [0.15, 0.2) is 35.7 Å². The molecule has 0 saturated carbocycles. The smallest absolute Gasteiger partial charge is 0.0897 e. The van der Waals surface area contributed by atoms with Crippen LogP contribution in [0.5, 0.6) is 0 Å². The molecule has 1 aromatic carbocycles. The van der Waals surface area contributed by atoms with Crippen LogP contribution in [-0.2, 0) is 6.54 Å². The second-order valence-corrected chi connectivity index (χ2v) is 6.57. The van der Waals surface area contributed by atoms with Crippen LogP contribution in [0.4, 0.5) is 0 Å². The van der Waals surface area contributed by atoms with Crippen LogP contribution >= 0.6 is 11.3 Å². The van der Waals surface area contributed by atoms with E-state index < -0.39 is 0 Å². The zero-order chi connectivity index (χ0) is 13.9. The Morgan fingerprint density at radius 2 is 2.15 bits per heavy atom. The van der Waals surface area contributed by atoms with Gasteiger partial charge >= 0.3 is 0 Å². The van der Waals surface area contributed by atoms with E-state index in [2.05, 4.69) is 64.8 Å². The summed E-state index contributed by atoms with van der Waals surface area (Å²) >= 11 is 1.74. The van der Waals surface area contributed by atoms with E-state index in [0.717, 1.165) is 24.6 Å². The molecular formula is C16H21N3S. The largest absolute Gasteiger partial charge is 0.307 e. The summed E-state index contributed by atoms with van der Waals surface area (Å²) in [6.07, 6.45) is 0. The number of piperazine rings is 1. The molecule has 106 valence electrons. The SMILES string of the molecule is Cc1nc(CN2CC(c3ccccc3)NCC2C)cs1. The van der Waals surface area contributed by atoms with Crippen molar-refractivity contribution in [3.63, 3.8) is 0 Å². The maximum absolute atomic E-state index is 4.59. The minimum absolute atomic E-state index is 0.423. The van der Waals surface area contributed by atoms with Crippen molar-refractivity contribution in [1.82, 2.24) is 15.2 Å². The Hall–Kier alpha value is -1.23. The van der Waals surface area contributed by atoms with Gasteiger partial charge in [0.1, 0.15) is 0 Å². The number of hydrogen-bond donors (Lipinski definition) is 1. The molecular weight excluding hydrogens is 266 g/mol. The standard InChI is InChI=1S/C16H21N3S/c1-12-8-17-16(14-6-4-3-5-7-14)10-19(12)9-15-11-20-13(2)18-15/h3-7,11-12,16-17H,8-10H2,1-2H3. The lowest BCUT2D eigenvalue weighted by Gasteiger charge is -2.38. The first-order chi connectivity index (χ1) is 9.72. The van der Waals surface area contributed by atoms with Gasteiger partial charge in [0.05, 0.1) is 10.7 Å². The molecule has 3 nitrogen and oxygen atoms in total. The van der Waals surface area contributed by atoms with Crippen LogP contribution in [-0.4, -0.2) is 29.0 Å². The molecule has 2 heterocycles. The quantitative estimate of drug-likeness (QED) is 0.940. The van der Waals surface area contributed by atoms with Gasteiger partial charge in [-0.15, -0.1) is 11.3 Å². The molecule has 3 rings (SSSR count). The molecule has 0 radical (unpaired) electrons. The van der Waals surface area contributed by atoms with E-state index >= 15 is 0 Å². The summed E-state index contributed by atoms with van der Waals surface area (Å²) < 4.78 is 0. The Balaban J connectivity index is 1.70. The third-order valence-corrected chi connectivity index (χ3v) is 4.76. The third kappa shape index (κ3) is 3.08. The Kier molecular flexibility index (Phi) is 4.15. The zero-order valence-electron chi connectivity index (χ0n) is 12.0. The van der Waals surface area contributed by atoms with Crippen molar-refractivity contribution in [3.05, 3.63) is 52.0 Å². The lowest BCUT2D eigenvalue weighted by atomic mass is 10.0.